The van der Waals surface area contributed by atoms with E-state index in [0.717, 1.165) is 5.56 Å². The summed E-state index contributed by atoms with van der Waals surface area (Å²) in [5.41, 5.74) is 0.723. The van der Waals surface area contributed by atoms with E-state index in [-0.39, 0.29) is 5.91 Å². The molecule has 1 amide bonds. The van der Waals surface area contributed by atoms with Crippen molar-refractivity contribution in [2.45, 2.75) is 13.8 Å². The van der Waals surface area contributed by atoms with Gasteiger partial charge in [0.05, 0.1) is 16.5 Å². The molecule has 1 heterocycles. The van der Waals surface area contributed by atoms with Gasteiger partial charge in [-0.15, -0.1) is 0 Å². The molecule has 9 heteroatoms. The van der Waals surface area contributed by atoms with E-state index in [9.17, 15) is 9.59 Å². The average molecular weight is 443 g/mol. The van der Waals surface area contributed by atoms with Crippen molar-refractivity contribution in [3.05, 3.63) is 27.1 Å². The highest BCUT2D eigenvalue weighted by atomic mass is 79.9. The van der Waals surface area contributed by atoms with Crippen LogP contribution in [0.1, 0.15) is 19.4 Å². The van der Waals surface area contributed by atoms with Gasteiger partial charge in [-0.3, -0.25) is 14.7 Å². The summed E-state index contributed by atoms with van der Waals surface area (Å²) in [4.78, 5) is 29.8. The van der Waals surface area contributed by atoms with Crippen LogP contribution in [-0.4, -0.2) is 53.9 Å². The van der Waals surface area contributed by atoms with Gasteiger partial charge in [0, 0.05) is 13.1 Å². The van der Waals surface area contributed by atoms with Crippen LogP contribution in [-0.2, 0) is 9.59 Å². The number of benzene rings is 1. The molecule has 0 saturated carbocycles. The number of methoxy groups -OCH3 is 1. The van der Waals surface area contributed by atoms with Crippen molar-refractivity contribution >= 4 is 50.8 Å². The molecule has 1 N–H and O–H groups in total. The van der Waals surface area contributed by atoms with E-state index in [1.807, 2.05) is 13.8 Å². The molecule has 1 fully saturated rings. The van der Waals surface area contributed by atoms with Gasteiger partial charge in [0.25, 0.3) is 5.91 Å². The fourth-order valence-electron chi connectivity index (χ4n) is 2.29. The van der Waals surface area contributed by atoms with Crippen molar-refractivity contribution in [3.8, 4) is 11.5 Å². The van der Waals surface area contributed by atoms with Gasteiger partial charge in [0.15, 0.2) is 23.3 Å². The summed E-state index contributed by atoms with van der Waals surface area (Å²) in [6, 6.07) is 3.43. The number of aliphatic imine (C=N–C) groups is 1. The molecule has 1 aromatic carbocycles. The number of aliphatic carboxylic acids is 1. The topological polar surface area (TPSA) is 88.4 Å². The number of halogens is 1. The van der Waals surface area contributed by atoms with E-state index in [4.69, 9.17) is 14.6 Å². The zero-order chi connectivity index (χ0) is 19.3. The zero-order valence-electron chi connectivity index (χ0n) is 14.6. The highest BCUT2D eigenvalue weighted by Gasteiger charge is 2.31. The molecule has 1 aliphatic rings. The van der Waals surface area contributed by atoms with E-state index in [1.54, 1.807) is 23.1 Å². The van der Waals surface area contributed by atoms with Crippen LogP contribution in [0.4, 0.5) is 0 Å². The molecule has 1 saturated heterocycles. The lowest BCUT2D eigenvalue weighted by atomic mass is 10.2. The molecule has 0 aliphatic carbocycles. The van der Waals surface area contributed by atoms with Crippen LogP contribution in [0, 0.1) is 0 Å². The average Bonchev–Trinajstić information content (AvgIpc) is 2.88. The van der Waals surface area contributed by atoms with Crippen LogP contribution >= 0.6 is 27.7 Å². The van der Waals surface area contributed by atoms with Crippen LogP contribution in [0.3, 0.4) is 0 Å². The minimum Gasteiger partial charge on any atom is -0.493 e. The maximum atomic E-state index is 12.5. The Hall–Kier alpha value is -2.00. The summed E-state index contributed by atoms with van der Waals surface area (Å²) in [6.07, 6.45) is 1.75. The third-order valence-electron chi connectivity index (χ3n) is 3.39. The number of thioether (sulfide) groups is 1. The van der Waals surface area contributed by atoms with Gasteiger partial charge in [0.1, 0.15) is 0 Å². The summed E-state index contributed by atoms with van der Waals surface area (Å²) in [6.45, 7) is 4.50. The van der Waals surface area contributed by atoms with Gasteiger partial charge >= 0.3 is 5.97 Å². The summed E-state index contributed by atoms with van der Waals surface area (Å²) < 4.78 is 11.1. The van der Waals surface area contributed by atoms with Gasteiger partial charge < -0.3 is 14.6 Å². The van der Waals surface area contributed by atoms with Crippen molar-refractivity contribution in [2.24, 2.45) is 4.99 Å². The molecule has 140 valence electrons. The van der Waals surface area contributed by atoms with Gasteiger partial charge in [-0.1, -0.05) is 0 Å². The first kappa shape index (κ1) is 20.3. The first-order chi connectivity index (χ1) is 12.4. The Bertz CT molecular complexity index is 779. The fraction of sp³-hybridized carbons (Fsp3) is 0.353. The van der Waals surface area contributed by atoms with Gasteiger partial charge in [-0.05, 0) is 65.3 Å². The van der Waals surface area contributed by atoms with Crippen LogP contribution in [0.15, 0.2) is 26.5 Å². The van der Waals surface area contributed by atoms with Crippen molar-refractivity contribution < 1.29 is 24.2 Å². The van der Waals surface area contributed by atoms with Gasteiger partial charge in [-0.25, -0.2) is 4.79 Å². The van der Waals surface area contributed by atoms with Crippen LogP contribution < -0.4 is 9.47 Å². The second-order valence-electron chi connectivity index (χ2n) is 5.13. The molecular weight excluding hydrogens is 424 g/mol. The second-order valence-corrected chi connectivity index (χ2v) is 7.00. The molecule has 0 spiro atoms. The number of amidine groups is 1. The molecule has 1 aliphatic heterocycles. The predicted octanol–water partition coefficient (Wildman–Crippen LogP) is 3.23. The highest BCUT2D eigenvalue weighted by molar-refractivity contribution is 9.10. The molecule has 0 atom stereocenters. The molecule has 26 heavy (non-hydrogen) atoms. The number of hydrogen-bond donors (Lipinski definition) is 1. The lowest BCUT2D eigenvalue weighted by Gasteiger charge is -2.12. The fourth-order valence-corrected chi connectivity index (χ4v) is 3.97. The standard InChI is InChI=1S/C17H19BrN2O5S/c1-4-19-17-20(5-2)16(23)13(26-17)8-10-6-11(18)15(12(7-10)24-3)25-9-14(21)22/h6-8H,4-5,9H2,1-3H3,(H,21,22)/b13-8-,19-17?. The summed E-state index contributed by atoms with van der Waals surface area (Å²) in [5.74, 6) is -0.505. The molecular formula is C17H19BrN2O5S. The third kappa shape index (κ3) is 4.59. The molecule has 0 aromatic heterocycles. The van der Waals surface area contributed by atoms with Crippen LogP contribution in [0.25, 0.3) is 6.08 Å². The van der Waals surface area contributed by atoms with Crippen molar-refractivity contribution in [2.75, 3.05) is 26.8 Å². The number of carboxylic acids is 1. The molecule has 2 rings (SSSR count). The Morgan fingerprint density at radius 3 is 2.73 bits per heavy atom. The van der Waals surface area contributed by atoms with E-state index < -0.39 is 12.6 Å². The van der Waals surface area contributed by atoms with E-state index >= 15 is 0 Å². The largest absolute Gasteiger partial charge is 0.493 e. The summed E-state index contributed by atoms with van der Waals surface area (Å²) in [7, 11) is 1.46. The van der Waals surface area contributed by atoms with E-state index in [0.29, 0.717) is 39.1 Å². The number of likely N-dealkylation sites (N-methyl/N-ethyl adjacent to an activating group) is 1. The Balaban J connectivity index is 2.36. The van der Waals surface area contributed by atoms with Crippen molar-refractivity contribution in [1.82, 2.24) is 4.90 Å². The number of carbonyl (C=O) groups excluding carboxylic acids is 1. The van der Waals surface area contributed by atoms with Gasteiger partial charge in [-0.2, -0.15) is 0 Å². The Morgan fingerprint density at radius 2 is 2.15 bits per heavy atom. The maximum absolute atomic E-state index is 12.5. The summed E-state index contributed by atoms with van der Waals surface area (Å²) in [5, 5.41) is 9.47. The smallest absolute Gasteiger partial charge is 0.341 e. The molecule has 1 aromatic rings. The molecule has 7 nitrogen and oxygen atoms in total. The molecule has 0 bridgehead atoms. The van der Waals surface area contributed by atoms with Crippen molar-refractivity contribution in [3.63, 3.8) is 0 Å². The minimum absolute atomic E-state index is 0.0917. The third-order valence-corrected chi connectivity index (χ3v) is 5.02. The first-order valence-corrected chi connectivity index (χ1v) is 9.50. The SMILES string of the molecule is CCN=C1S/C(=C\c2cc(Br)c(OCC(=O)O)c(OC)c2)C(=O)N1CC. The number of hydrogen-bond acceptors (Lipinski definition) is 6. The highest BCUT2D eigenvalue weighted by Crippen LogP contribution is 2.39. The van der Waals surface area contributed by atoms with E-state index in [2.05, 4.69) is 20.9 Å². The van der Waals surface area contributed by atoms with Crippen LogP contribution in [0.5, 0.6) is 11.5 Å². The van der Waals surface area contributed by atoms with Crippen LogP contribution in [0.2, 0.25) is 0 Å². The number of carbonyl (C=O) groups is 2. The lowest BCUT2D eigenvalue weighted by Crippen LogP contribution is -2.28. The van der Waals surface area contributed by atoms with E-state index in [1.165, 1.54) is 18.9 Å². The van der Waals surface area contributed by atoms with Gasteiger partial charge in [0.2, 0.25) is 0 Å². The zero-order valence-corrected chi connectivity index (χ0v) is 17.0. The number of ether oxygens (including phenoxy) is 2. The number of amides is 1. The minimum atomic E-state index is -1.08. The predicted molar refractivity (Wildman–Crippen MR) is 105 cm³/mol. The lowest BCUT2D eigenvalue weighted by molar-refractivity contribution is -0.139. The maximum Gasteiger partial charge on any atom is 0.341 e. The molecule has 0 unspecified atom stereocenters. The monoisotopic (exact) mass is 442 g/mol. The number of rotatable bonds is 7. The Kier molecular flexibility index (Phi) is 7.10. The number of nitrogens with zero attached hydrogens (tertiary/aromatic N) is 2. The normalized spacial score (nSPS) is 17.2. The first-order valence-electron chi connectivity index (χ1n) is 7.89. The quantitative estimate of drug-likeness (QED) is 0.651. The van der Waals surface area contributed by atoms with Crippen molar-refractivity contribution in [1.29, 1.82) is 0 Å². The second kappa shape index (κ2) is 9.09. The Labute approximate surface area is 164 Å². The molecule has 0 radical (unpaired) electrons. The Morgan fingerprint density at radius 1 is 1.42 bits per heavy atom. The summed E-state index contributed by atoms with van der Waals surface area (Å²) >= 11 is 4.69. The number of carboxylic acid groups (broad SMARTS) is 1.